The fourth-order valence-electron chi connectivity index (χ4n) is 8.05. The smallest absolute Gasteiger partial charge is 0.306 e. The Hall–Kier alpha value is -3.93. The fourth-order valence-corrected chi connectivity index (χ4v) is 8.05. The molecule has 0 saturated carbocycles. The van der Waals surface area contributed by atoms with Crippen molar-refractivity contribution in [2.45, 2.75) is 277 Å². The number of ether oxygens (including phenoxy) is 3. The van der Waals surface area contributed by atoms with Gasteiger partial charge in [0, 0.05) is 19.3 Å². The Labute approximate surface area is 444 Å². The summed E-state index contributed by atoms with van der Waals surface area (Å²) in [7, 11) is 0. The van der Waals surface area contributed by atoms with Crippen LogP contribution in [0.1, 0.15) is 271 Å². The summed E-state index contributed by atoms with van der Waals surface area (Å²) in [4.78, 5) is 38.0. The second-order valence-electron chi connectivity index (χ2n) is 19.5. The van der Waals surface area contributed by atoms with Gasteiger partial charge in [-0.05, 0) is 103 Å². The van der Waals surface area contributed by atoms with Gasteiger partial charge in [0.05, 0.1) is 0 Å². The molecule has 0 N–H and O–H groups in total. The van der Waals surface area contributed by atoms with Crippen LogP contribution in [0.25, 0.3) is 0 Å². The Kier molecular flexibility index (Phi) is 56.4. The fraction of sp³-hybridized carbons (Fsp3) is 0.682. The van der Waals surface area contributed by atoms with Crippen LogP contribution in [0.15, 0.2) is 109 Å². The number of carbonyl (C=O) groups excluding carboxylic acids is 3. The van der Waals surface area contributed by atoms with Crippen molar-refractivity contribution in [3.8, 4) is 0 Å². The topological polar surface area (TPSA) is 78.9 Å². The first-order chi connectivity index (χ1) is 35.5. The molecule has 0 bridgehead atoms. The van der Waals surface area contributed by atoms with Gasteiger partial charge < -0.3 is 14.2 Å². The molecule has 0 aliphatic rings. The molecule has 410 valence electrons. The van der Waals surface area contributed by atoms with E-state index >= 15 is 0 Å². The predicted octanol–water partition coefficient (Wildman–Crippen LogP) is 20.3. The summed E-state index contributed by atoms with van der Waals surface area (Å²) >= 11 is 0. The largest absolute Gasteiger partial charge is 0.462 e. The molecule has 0 amide bonds. The SMILES string of the molecule is CC/C=C\C/C=C\C/C=C\C/C=C\C/C=C\C/C=C\C/C=C\C/C=C\CCCCCCCCCCC(=O)OCC(COC(=O)CCCCCCC/C=C\CCC)OC(=O)CCCCCCCCCCCCC. The second kappa shape index (κ2) is 59.6. The number of carbonyl (C=O) groups is 3. The molecule has 0 spiro atoms. The van der Waals surface area contributed by atoms with E-state index in [0.29, 0.717) is 19.3 Å². The zero-order valence-corrected chi connectivity index (χ0v) is 46.9. The summed E-state index contributed by atoms with van der Waals surface area (Å²) in [5.74, 6) is -0.901. The molecule has 6 nitrogen and oxygen atoms in total. The minimum absolute atomic E-state index is 0.0832. The van der Waals surface area contributed by atoms with Crippen LogP contribution in [0, 0.1) is 0 Å². The van der Waals surface area contributed by atoms with Crippen molar-refractivity contribution in [1.82, 2.24) is 0 Å². The van der Waals surface area contributed by atoms with Crippen LogP contribution in [0.5, 0.6) is 0 Å². The Bertz CT molecular complexity index is 1470. The Balaban J connectivity index is 4.16. The monoisotopic (exact) mass is 999 g/mol. The van der Waals surface area contributed by atoms with Crippen molar-refractivity contribution in [3.05, 3.63) is 109 Å². The van der Waals surface area contributed by atoms with Gasteiger partial charge in [0.1, 0.15) is 13.2 Å². The minimum Gasteiger partial charge on any atom is -0.462 e. The molecule has 1 unspecified atom stereocenters. The normalized spacial score (nSPS) is 12.9. The zero-order chi connectivity index (χ0) is 52.2. The molecular weight excluding hydrogens is 889 g/mol. The molecule has 72 heavy (non-hydrogen) atoms. The molecule has 0 aromatic rings. The van der Waals surface area contributed by atoms with Crippen LogP contribution >= 0.6 is 0 Å². The molecule has 0 aromatic carbocycles. The molecule has 0 aliphatic heterocycles. The van der Waals surface area contributed by atoms with Gasteiger partial charge >= 0.3 is 17.9 Å². The molecule has 0 radical (unpaired) electrons. The summed E-state index contributed by atoms with van der Waals surface area (Å²) in [6.07, 6.45) is 81.0. The maximum absolute atomic E-state index is 12.8. The van der Waals surface area contributed by atoms with Gasteiger partial charge in [0.15, 0.2) is 6.10 Å². The summed E-state index contributed by atoms with van der Waals surface area (Å²) in [5.41, 5.74) is 0. The number of allylic oxidation sites excluding steroid dienone is 18. The lowest BCUT2D eigenvalue weighted by molar-refractivity contribution is -0.167. The average Bonchev–Trinajstić information content (AvgIpc) is 3.38. The lowest BCUT2D eigenvalue weighted by Gasteiger charge is -2.18. The lowest BCUT2D eigenvalue weighted by atomic mass is 10.1. The van der Waals surface area contributed by atoms with E-state index in [2.05, 4.69) is 130 Å². The Morgan fingerprint density at radius 1 is 0.292 bits per heavy atom. The van der Waals surface area contributed by atoms with Gasteiger partial charge in [0.25, 0.3) is 0 Å². The van der Waals surface area contributed by atoms with E-state index < -0.39 is 6.10 Å². The van der Waals surface area contributed by atoms with E-state index in [1.165, 1.54) is 103 Å². The molecule has 6 heteroatoms. The van der Waals surface area contributed by atoms with Crippen LogP contribution in [0.4, 0.5) is 0 Å². The van der Waals surface area contributed by atoms with Crippen LogP contribution in [0.2, 0.25) is 0 Å². The predicted molar refractivity (Wildman–Crippen MR) is 311 cm³/mol. The summed E-state index contributed by atoms with van der Waals surface area (Å²) in [6, 6.07) is 0. The van der Waals surface area contributed by atoms with Gasteiger partial charge in [-0.15, -0.1) is 0 Å². The van der Waals surface area contributed by atoms with E-state index in [4.69, 9.17) is 14.2 Å². The third-order valence-electron chi connectivity index (χ3n) is 12.5. The quantitative estimate of drug-likeness (QED) is 0.0261. The molecule has 1 atom stereocenters. The first-order valence-electron chi connectivity index (χ1n) is 29.9. The van der Waals surface area contributed by atoms with E-state index in [0.717, 1.165) is 128 Å². The standard InChI is InChI=1S/C66H110O6/c1-4-7-10-13-16-19-22-23-24-25-26-27-28-29-30-31-32-33-34-35-36-37-38-39-40-41-42-43-45-47-50-53-56-59-65(68)71-62-63(61-70-64(67)58-55-52-49-46-21-18-15-12-9-6-3)72-66(69)60-57-54-51-48-44-20-17-14-11-8-5-2/h7,10,12,15-16,19,23-24,26-27,29-30,32-33,35-36,38-39,63H,4-6,8-9,11,13-14,17-18,20-22,25,28,31,34,37,40-62H2,1-3H3/b10-7-,15-12-,19-16-,24-23-,27-26-,30-29-,33-32-,36-35-,39-38-. The summed E-state index contributed by atoms with van der Waals surface area (Å²) in [6.45, 7) is 6.44. The third-order valence-corrected chi connectivity index (χ3v) is 12.5. The molecule has 0 rings (SSSR count). The van der Waals surface area contributed by atoms with Crippen molar-refractivity contribution in [2.75, 3.05) is 13.2 Å². The maximum Gasteiger partial charge on any atom is 0.306 e. The molecule has 0 heterocycles. The number of hydrogen-bond donors (Lipinski definition) is 0. The number of hydrogen-bond acceptors (Lipinski definition) is 6. The van der Waals surface area contributed by atoms with Crippen LogP contribution in [-0.2, 0) is 28.6 Å². The van der Waals surface area contributed by atoms with Crippen molar-refractivity contribution in [2.24, 2.45) is 0 Å². The van der Waals surface area contributed by atoms with Gasteiger partial charge in [-0.1, -0.05) is 259 Å². The number of esters is 3. The van der Waals surface area contributed by atoms with Gasteiger partial charge in [0.2, 0.25) is 0 Å². The van der Waals surface area contributed by atoms with Gasteiger partial charge in [-0.3, -0.25) is 14.4 Å². The molecule has 0 saturated heterocycles. The van der Waals surface area contributed by atoms with Crippen molar-refractivity contribution in [1.29, 1.82) is 0 Å². The Morgan fingerprint density at radius 3 is 0.917 bits per heavy atom. The van der Waals surface area contributed by atoms with Gasteiger partial charge in [-0.2, -0.15) is 0 Å². The highest BCUT2D eigenvalue weighted by atomic mass is 16.6. The second-order valence-corrected chi connectivity index (χ2v) is 19.5. The van der Waals surface area contributed by atoms with Crippen molar-refractivity contribution < 1.29 is 28.6 Å². The van der Waals surface area contributed by atoms with Crippen molar-refractivity contribution >= 4 is 17.9 Å². The molecule has 0 aliphatic carbocycles. The highest BCUT2D eigenvalue weighted by molar-refractivity contribution is 5.71. The van der Waals surface area contributed by atoms with E-state index in [-0.39, 0.29) is 31.1 Å². The molecule has 0 aromatic heterocycles. The lowest BCUT2D eigenvalue weighted by Crippen LogP contribution is -2.30. The third kappa shape index (κ3) is 57.0. The highest BCUT2D eigenvalue weighted by Crippen LogP contribution is 2.15. The van der Waals surface area contributed by atoms with Crippen LogP contribution in [-0.4, -0.2) is 37.2 Å². The minimum atomic E-state index is -0.782. The van der Waals surface area contributed by atoms with E-state index in [1.54, 1.807) is 0 Å². The average molecular weight is 1000 g/mol. The van der Waals surface area contributed by atoms with Gasteiger partial charge in [-0.25, -0.2) is 0 Å². The molecular formula is C66H110O6. The first kappa shape index (κ1) is 68.1. The van der Waals surface area contributed by atoms with E-state index in [1.807, 2.05) is 0 Å². The first-order valence-corrected chi connectivity index (χ1v) is 29.9. The maximum atomic E-state index is 12.8. The number of unbranched alkanes of at least 4 members (excludes halogenated alkanes) is 24. The van der Waals surface area contributed by atoms with Crippen LogP contribution < -0.4 is 0 Å². The highest BCUT2D eigenvalue weighted by Gasteiger charge is 2.19. The summed E-state index contributed by atoms with van der Waals surface area (Å²) < 4.78 is 16.8. The molecule has 0 fully saturated rings. The summed E-state index contributed by atoms with van der Waals surface area (Å²) in [5, 5.41) is 0. The van der Waals surface area contributed by atoms with Crippen molar-refractivity contribution in [3.63, 3.8) is 0 Å². The Morgan fingerprint density at radius 2 is 0.569 bits per heavy atom. The van der Waals surface area contributed by atoms with E-state index in [9.17, 15) is 14.4 Å². The van der Waals surface area contributed by atoms with Crippen LogP contribution in [0.3, 0.4) is 0 Å². The zero-order valence-electron chi connectivity index (χ0n) is 46.9. The number of rotatable bonds is 53.